The predicted octanol–water partition coefficient (Wildman–Crippen LogP) is 7.93. The van der Waals surface area contributed by atoms with Crippen molar-refractivity contribution in [1.82, 2.24) is 10.2 Å². The van der Waals surface area contributed by atoms with E-state index in [1.807, 2.05) is 6.07 Å². The van der Waals surface area contributed by atoms with E-state index in [0.29, 0.717) is 56.2 Å². The van der Waals surface area contributed by atoms with Crippen LogP contribution in [0.3, 0.4) is 0 Å². The highest BCUT2D eigenvalue weighted by molar-refractivity contribution is 8.00. The molecule has 5 aromatic rings. The quantitative estimate of drug-likeness (QED) is 0.0810. The second kappa shape index (κ2) is 13.4. The zero-order valence-electron chi connectivity index (χ0n) is 25.2. The Morgan fingerprint density at radius 3 is 2.63 bits per heavy atom. The van der Waals surface area contributed by atoms with E-state index in [0.717, 1.165) is 17.8 Å². The minimum atomic E-state index is -1.09. The third kappa shape index (κ3) is 6.22. The standard InChI is InChI=1S/C34H30FN3O6S2/c1-19(2)14-15-43-25-13-12-21(17-26(25)42-3)29-28(30(39)27-16-20-8-5-7-11-24(20)44-27)31(40)32(41)38(29)33-36-37-34(46-33)45-18-22-9-4-6-10-23(22)35/h4-13,16-17,19,29,40H,14-15,18H2,1-3H3. The number of thioether (sulfide) groups is 1. The molecule has 0 fully saturated rings. The number of Topliss-reactive ketones (excluding diaryl/α,β-unsaturated/α-hetero) is 1. The Kier molecular flexibility index (Phi) is 9.09. The SMILES string of the molecule is COc1cc(C2C(C(=O)c3cc4ccccc4o3)=C(O)C(=O)N2c2nnc(SCc3ccccc3F)s2)ccc1OCCC(C)C. The third-order valence-electron chi connectivity index (χ3n) is 7.47. The number of anilines is 1. The molecule has 1 N–H and O–H groups in total. The van der Waals surface area contributed by atoms with Crippen LogP contribution in [0, 0.1) is 11.7 Å². The molecule has 2 aromatic heterocycles. The van der Waals surface area contributed by atoms with Crippen LogP contribution < -0.4 is 14.4 Å². The lowest BCUT2D eigenvalue weighted by Gasteiger charge is -2.24. The van der Waals surface area contributed by atoms with E-state index in [1.54, 1.807) is 60.7 Å². The Morgan fingerprint density at radius 2 is 1.87 bits per heavy atom. The highest BCUT2D eigenvalue weighted by Crippen LogP contribution is 2.46. The number of carbonyl (C=O) groups is 2. The number of aliphatic hydroxyl groups is 1. The second-order valence-electron chi connectivity index (χ2n) is 11.0. The molecule has 9 nitrogen and oxygen atoms in total. The van der Waals surface area contributed by atoms with Gasteiger partial charge in [-0.1, -0.05) is 79.4 Å². The first-order valence-electron chi connectivity index (χ1n) is 14.6. The number of carbonyl (C=O) groups excluding carboxylic acids is 2. The van der Waals surface area contributed by atoms with Gasteiger partial charge >= 0.3 is 0 Å². The smallest absolute Gasteiger partial charge is 0.296 e. The number of fused-ring (bicyclic) bond motifs is 1. The first kappa shape index (κ1) is 31.3. The summed E-state index contributed by atoms with van der Waals surface area (Å²) < 4.78 is 32.1. The lowest BCUT2D eigenvalue weighted by Crippen LogP contribution is -2.31. The van der Waals surface area contributed by atoms with Crippen LogP contribution in [0.1, 0.15) is 48.0 Å². The first-order valence-corrected chi connectivity index (χ1v) is 16.4. The van der Waals surface area contributed by atoms with Crippen molar-refractivity contribution < 1.29 is 33.0 Å². The van der Waals surface area contributed by atoms with Gasteiger partial charge in [-0.2, -0.15) is 0 Å². The molecule has 0 spiro atoms. The summed E-state index contributed by atoms with van der Waals surface area (Å²) in [6.45, 7) is 4.69. The highest BCUT2D eigenvalue weighted by atomic mass is 32.2. The Balaban J connectivity index is 1.38. The first-order chi connectivity index (χ1) is 22.2. The molecule has 0 radical (unpaired) electrons. The molecule has 12 heteroatoms. The largest absolute Gasteiger partial charge is 0.503 e. The average molecular weight is 660 g/mol. The number of hydrogen-bond donors (Lipinski definition) is 1. The number of aromatic nitrogens is 2. The monoisotopic (exact) mass is 659 g/mol. The number of para-hydroxylation sites is 1. The number of halogens is 1. The molecule has 0 saturated carbocycles. The molecule has 6 rings (SSSR count). The van der Waals surface area contributed by atoms with Gasteiger partial charge in [-0.05, 0) is 53.8 Å². The van der Waals surface area contributed by atoms with Gasteiger partial charge in [0, 0.05) is 11.1 Å². The fourth-order valence-electron chi connectivity index (χ4n) is 5.07. The number of amides is 1. The number of ketones is 1. The number of rotatable bonds is 12. The van der Waals surface area contributed by atoms with E-state index in [4.69, 9.17) is 13.9 Å². The molecule has 0 bridgehead atoms. The molecule has 1 unspecified atom stereocenters. The Morgan fingerprint density at radius 1 is 1.09 bits per heavy atom. The minimum absolute atomic E-state index is 0.0265. The number of nitrogens with zero attached hydrogens (tertiary/aromatic N) is 3. The minimum Gasteiger partial charge on any atom is -0.503 e. The summed E-state index contributed by atoms with van der Waals surface area (Å²) in [7, 11) is 1.50. The van der Waals surface area contributed by atoms with Crippen molar-refractivity contribution in [3.05, 3.63) is 107 Å². The lowest BCUT2D eigenvalue weighted by molar-refractivity contribution is -0.117. The maximum atomic E-state index is 14.2. The number of methoxy groups -OCH3 is 1. The maximum Gasteiger partial charge on any atom is 0.296 e. The topological polar surface area (TPSA) is 115 Å². The summed E-state index contributed by atoms with van der Waals surface area (Å²) in [4.78, 5) is 29.0. The number of aliphatic hydroxyl groups excluding tert-OH is 1. The van der Waals surface area contributed by atoms with Gasteiger partial charge in [0.05, 0.1) is 25.3 Å². The Labute approximate surface area is 272 Å². The lowest BCUT2D eigenvalue weighted by atomic mass is 9.95. The molecular weight excluding hydrogens is 630 g/mol. The van der Waals surface area contributed by atoms with Crippen molar-refractivity contribution >= 4 is 50.9 Å². The van der Waals surface area contributed by atoms with Crippen molar-refractivity contribution in [2.45, 2.75) is 36.4 Å². The molecule has 236 valence electrons. The van der Waals surface area contributed by atoms with E-state index in [1.165, 1.54) is 29.8 Å². The molecule has 3 heterocycles. The van der Waals surface area contributed by atoms with Crippen LogP contribution >= 0.6 is 23.1 Å². The van der Waals surface area contributed by atoms with Gasteiger partial charge < -0.3 is 19.0 Å². The summed E-state index contributed by atoms with van der Waals surface area (Å²) in [6, 6.07) is 19.2. The molecule has 1 aliphatic heterocycles. The average Bonchev–Trinajstić information content (AvgIpc) is 3.77. The molecule has 1 atom stereocenters. The van der Waals surface area contributed by atoms with E-state index < -0.39 is 23.5 Å². The number of furan rings is 1. The molecule has 0 aliphatic carbocycles. The second-order valence-corrected chi connectivity index (χ2v) is 13.2. The molecule has 3 aromatic carbocycles. The van der Waals surface area contributed by atoms with Crippen molar-refractivity contribution in [2.24, 2.45) is 5.92 Å². The molecular formula is C34H30FN3O6S2. The van der Waals surface area contributed by atoms with Gasteiger partial charge in [0.15, 0.2) is 27.4 Å². The Bertz CT molecular complexity index is 1920. The van der Waals surface area contributed by atoms with Gasteiger partial charge in [-0.3, -0.25) is 14.5 Å². The van der Waals surface area contributed by atoms with Crippen LogP contribution in [-0.4, -0.2) is 40.7 Å². The van der Waals surface area contributed by atoms with Gasteiger partial charge in [0.2, 0.25) is 10.9 Å². The fraction of sp³-hybridized carbons (Fsp3) is 0.235. The molecule has 0 saturated heterocycles. The highest BCUT2D eigenvalue weighted by Gasteiger charge is 2.47. The number of hydrogen-bond acceptors (Lipinski definition) is 10. The predicted molar refractivity (Wildman–Crippen MR) is 174 cm³/mol. The van der Waals surface area contributed by atoms with Gasteiger partial charge in [-0.15, -0.1) is 10.2 Å². The Hall–Kier alpha value is -4.68. The van der Waals surface area contributed by atoms with Crippen LogP contribution in [0.25, 0.3) is 11.0 Å². The normalized spacial score (nSPS) is 14.9. The molecule has 46 heavy (non-hydrogen) atoms. The summed E-state index contributed by atoms with van der Waals surface area (Å²) in [5.74, 6) is -0.894. The van der Waals surface area contributed by atoms with Crippen molar-refractivity contribution in [1.29, 1.82) is 0 Å². The van der Waals surface area contributed by atoms with E-state index >= 15 is 0 Å². The van der Waals surface area contributed by atoms with Crippen LogP contribution in [-0.2, 0) is 10.5 Å². The van der Waals surface area contributed by atoms with Crippen LogP contribution in [0.4, 0.5) is 9.52 Å². The van der Waals surface area contributed by atoms with Gasteiger partial charge in [-0.25, -0.2) is 4.39 Å². The number of ether oxygens (including phenoxy) is 2. The van der Waals surface area contributed by atoms with Crippen molar-refractivity contribution in [3.8, 4) is 11.5 Å². The fourth-order valence-corrected chi connectivity index (χ4v) is 6.92. The third-order valence-corrected chi connectivity index (χ3v) is 9.57. The van der Waals surface area contributed by atoms with E-state index in [-0.39, 0.29) is 22.3 Å². The summed E-state index contributed by atoms with van der Waals surface area (Å²) in [6.07, 6.45) is 0.844. The van der Waals surface area contributed by atoms with Crippen molar-refractivity contribution in [2.75, 3.05) is 18.6 Å². The van der Waals surface area contributed by atoms with Crippen LogP contribution in [0.2, 0.25) is 0 Å². The zero-order chi connectivity index (χ0) is 32.4. The van der Waals surface area contributed by atoms with Gasteiger partial charge in [0.1, 0.15) is 11.4 Å². The summed E-state index contributed by atoms with van der Waals surface area (Å²) in [5, 5.41) is 20.6. The number of benzene rings is 3. The van der Waals surface area contributed by atoms with Crippen molar-refractivity contribution in [3.63, 3.8) is 0 Å². The molecule has 1 aliphatic rings. The van der Waals surface area contributed by atoms with E-state index in [9.17, 15) is 19.1 Å². The van der Waals surface area contributed by atoms with E-state index in [2.05, 4.69) is 24.0 Å². The summed E-state index contributed by atoms with van der Waals surface area (Å²) >= 11 is 2.36. The van der Waals surface area contributed by atoms with Crippen LogP contribution in [0.15, 0.2) is 92.9 Å². The van der Waals surface area contributed by atoms with Crippen LogP contribution in [0.5, 0.6) is 11.5 Å². The zero-order valence-corrected chi connectivity index (χ0v) is 26.9. The summed E-state index contributed by atoms with van der Waals surface area (Å²) in [5.41, 5.74) is 1.30. The maximum absolute atomic E-state index is 14.2. The van der Waals surface area contributed by atoms with Gasteiger partial charge in [0.25, 0.3) is 5.91 Å². The molecule has 1 amide bonds.